The summed E-state index contributed by atoms with van der Waals surface area (Å²) in [6.45, 7) is 2.57. The van der Waals surface area contributed by atoms with Crippen molar-refractivity contribution in [3.63, 3.8) is 0 Å². The Morgan fingerprint density at radius 1 is 1.28 bits per heavy atom. The summed E-state index contributed by atoms with van der Waals surface area (Å²) in [5, 5.41) is 11.4. The Balaban J connectivity index is 1.87. The van der Waals surface area contributed by atoms with Crippen LogP contribution in [-0.4, -0.2) is 24.6 Å². The van der Waals surface area contributed by atoms with Crippen LogP contribution in [0.2, 0.25) is 0 Å². The smallest absolute Gasteiger partial charge is 0.203 e. The summed E-state index contributed by atoms with van der Waals surface area (Å²) in [5.41, 5.74) is 1.83. The number of fused-ring (bicyclic) bond motifs is 1. The quantitative estimate of drug-likeness (QED) is 0.750. The van der Waals surface area contributed by atoms with Crippen LogP contribution >= 0.6 is 0 Å². The van der Waals surface area contributed by atoms with Crippen molar-refractivity contribution >= 4 is 11.5 Å². The van der Waals surface area contributed by atoms with Gasteiger partial charge >= 0.3 is 0 Å². The number of nitrogens with one attached hydrogen (secondary N) is 1. The number of rotatable bonds is 3. The van der Waals surface area contributed by atoms with Crippen molar-refractivity contribution in [1.29, 1.82) is 0 Å². The van der Waals surface area contributed by atoms with E-state index in [2.05, 4.69) is 25.5 Å². The van der Waals surface area contributed by atoms with E-state index in [0.29, 0.717) is 6.54 Å². The van der Waals surface area contributed by atoms with Crippen molar-refractivity contribution in [2.45, 2.75) is 13.5 Å². The second kappa shape index (κ2) is 4.40. The van der Waals surface area contributed by atoms with Gasteiger partial charge in [0.1, 0.15) is 5.82 Å². The molecule has 0 radical (unpaired) electrons. The predicted octanol–water partition coefficient (Wildman–Crippen LogP) is 1.44. The average molecular weight is 240 g/mol. The minimum atomic E-state index is 0.659. The van der Waals surface area contributed by atoms with Gasteiger partial charge in [-0.05, 0) is 18.6 Å². The highest BCUT2D eigenvalue weighted by molar-refractivity contribution is 5.61. The third-order valence-corrected chi connectivity index (χ3v) is 2.68. The fourth-order valence-corrected chi connectivity index (χ4v) is 1.75. The maximum absolute atomic E-state index is 4.28. The molecule has 6 heteroatoms. The van der Waals surface area contributed by atoms with Crippen molar-refractivity contribution < 1.29 is 0 Å². The lowest BCUT2D eigenvalue weighted by atomic mass is 10.3. The van der Waals surface area contributed by atoms with E-state index in [1.54, 1.807) is 12.4 Å². The molecule has 0 aliphatic heterocycles. The monoisotopic (exact) mass is 240 g/mol. The zero-order chi connectivity index (χ0) is 12.4. The Labute approximate surface area is 104 Å². The zero-order valence-corrected chi connectivity index (χ0v) is 9.91. The van der Waals surface area contributed by atoms with Crippen LogP contribution in [0, 0.1) is 6.92 Å². The van der Waals surface area contributed by atoms with Gasteiger partial charge in [-0.25, -0.2) is 4.98 Å². The Hall–Kier alpha value is -2.50. The molecule has 6 nitrogen and oxygen atoms in total. The molecule has 0 saturated carbocycles. The van der Waals surface area contributed by atoms with E-state index in [-0.39, 0.29) is 0 Å². The molecule has 0 aromatic carbocycles. The molecule has 1 N–H and O–H groups in total. The Morgan fingerprint density at radius 2 is 2.22 bits per heavy atom. The molecule has 0 bridgehead atoms. The maximum Gasteiger partial charge on any atom is 0.203 e. The largest absolute Gasteiger partial charge is 0.363 e. The number of hydrogen-bond acceptors (Lipinski definition) is 5. The Morgan fingerprint density at radius 3 is 3.06 bits per heavy atom. The lowest BCUT2D eigenvalue weighted by Crippen LogP contribution is -2.04. The fourth-order valence-electron chi connectivity index (χ4n) is 1.75. The zero-order valence-electron chi connectivity index (χ0n) is 9.91. The van der Waals surface area contributed by atoms with Crippen LogP contribution < -0.4 is 5.32 Å². The molecule has 0 unspecified atom stereocenters. The summed E-state index contributed by atoms with van der Waals surface area (Å²) in [5.74, 6) is 1.57. The molecule has 0 spiro atoms. The molecule has 3 rings (SSSR count). The van der Waals surface area contributed by atoms with E-state index < -0.39 is 0 Å². The number of anilines is 1. The van der Waals surface area contributed by atoms with Crippen molar-refractivity contribution in [3.8, 4) is 0 Å². The van der Waals surface area contributed by atoms with Crippen LogP contribution in [0.4, 0.5) is 5.82 Å². The van der Waals surface area contributed by atoms with E-state index in [0.717, 1.165) is 22.9 Å². The first kappa shape index (κ1) is 10.6. The van der Waals surface area contributed by atoms with Crippen LogP contribution in [0.3, 0.4) is 0 Å². The molecule has 0 saturated heterocycles. The molecule has 0 aliphatic rings. The van der Waals surface area contributed by atoms with E-state index in [4.69, 9.17) is 0 Å². The summed E-state index contributed by atoms with van der Waals surface area (Å²) in [6.07, 6.45) is 7.15. The predicted molar refractivity (Wildman–Crippen MR) is 67.1 cm³/mol. The van der Waals surface area contributed by atoms with Crippen LogP contribution in [0.5, 0.6) is 0 Å². The van der Waals surface area contributed by atoms with Crippen molar-refractivity contribution in [1.82, 2.24) is 24.6 Å². The average Bonchev–Trinajstić information content (AvgIpc) is 2.80. The lowest BCUT2D eigenvalue weighted by Gasteiger charge is -2.05. The molecule has 90 valence electrons. The minimum absolute atomic E-state index is 0.659. The summed E-state index contributed by atoms with van der Waals surface area (Å²) in [7, 11) is 0. The molecule has 0 atom stereocenters. The van der Waals surface area contributed by atoms with Gasteiger partial charge in [-0.2, -0.15) is 0 Å². The SMILES string of the molecule is Cc1nnc2c(NCc3cccnc3)nccn12. The first-order valence-electron chi connectivity index (χ1n) is 5.64. The first-order chi connectivity index (χ1) is 8.84. The number of pyridine rings is 1. The van der Waals surface area contributed by atoms with Gasteiger partial charge in [0, 0.05) is 31.3 Å². The highest BCUT2D eigenvalue weighted by Crippen LogP contribution is 2.12. The Kier molecular flexibility index (Phi) is 2.60. The molecule has 3 aromatic heterocycles. The number of hydrogen-bond donors (Lipinski definition) is 1. The van der Waals surface area contributed by atoms with E-state index in [9.17, 15) is 0 Å². The fraction of sp³-hybridized carbons (Fsp3) is 0.167. The van der Waals surface area contributed by atoms with Gasteiger partial charge < -0.3 is 5.32 Å². The maximum atomic E-state index is 4.28. The third-order valence-electron chi connectivity index (χ3n) is 2.68. The highest BCUT2D eigenvalue weighted by Gasteiger charge is 2.06. The van der Waals surface area contributed by atoms with Crippen molar-refractivity contribution in [2.75, 3.05) is 5.32 Å². The standard InChI is InChI=1S/C12H12N6/c1-9-16-17-12-11(14-5-6-18(9)12)15-8-10-3-2-4-13-7-10/h2-7H,8H2,1H3,(H,14,15). The molecule has 0 amide bonds. The van der Waals surface area contributed by atoms with Crippen LogP contribution in [0.15, 0.2) is 36.9 Å². The van der Waals surface area contributed by atoms with E-state index in [1.807, 2.05) is 35.9 Å². The summed E-state index contributed by atoms with van der Waals surface area (Å²) in [6, 6.07) is 3.92. The van der Waals surface area contributed by atoms with Crippen molar-refractivity contribution in [3.05, 3.63) is 48.3 Å². The second-order valence-corrected chi connectivity index (χ2v) is 3.93. The molecule has 3 heterocycles. The molecule has 0 aliphatic carbocycles. The van der Waals surface area contributed by atoms with Gasteiger partial charge in [0.2, 0.25) is 5.65 Å². The van der Waals surface area contributed by atoms with Crippen LogP contribution in [0.25, 0.3) is 5.65 Å². The highest BCUT2D eigenvalue weighted by atomic mass is 15.3. The molecular formula is C12H12N6. The molecular weight excluding hydrogens is 228 g/mol. The van der Waals surface area contributed by atoms with Gasteiger partial charge in [-0.15, -0.1) is 10.2 Å². The third kappa shape index (κ3) is 1.88. The number of aryl methyl sites for hydroxylation is 1. The summed E-state index contributed by atoms with van der Waals surface area (Å²) < 4.78 is 1.90. The molecule has 0 fully saturated rings. The first-order valence-corrected chi connectivity index (χ1v) is 5.64. The molecule has 3 aromatic rings. The summed E-state index contributed by atoms with van der Waals surface area (Å²) >= 11 is 0. The number of nitrogens with zero attached hydrogens (tertiary/aromatic N) is 5. The van der Waals surface area contributed by atoms with E-state index >= 15 is 0 Å². The topological polar surface area (TPSA) is 68.0 Å². The van der Waals surface area contributed by atoms with Gasteiger partial charge in [-0.1, -0.05) is 6.07 Å². The Bertz CT molecular complexity index is 661. The van der Waals surface area contributed by atoms with Gasteiger partial charge in [0.15, 0.2) is 5.82 Å². The van der Waals surface area contributed by atoms with Gasteiger partial charge in [-0.3, -0.25) is 9.38 Å². The summed E-state index contributed by atoms with van der Waals surface area (Å²) in [4.78, 5) is 8.35. The normalized spacial score (nSPS) is 10.7. The number of aromatic nitrogens is 5. The van der Waals surface area contributed by atoms with Crippen LogP contribution in [-0.2, 0) is 6.54 Å². The second-order valence-electron chi connectivity index (χ2n) is 3.93. The van der Waals surface area contributed by atoms with Crippen molar-refractivity contribution in [2.24, 2.45) is 0 Å². The van der Waals surface area contributed by atoms with Gasteiger partial charge in [0.05, 0.1) is 0 Å². The molecule has 18 heavy (non-hydrogen) atoms. The van der Waals surface area contributed by atoms with E-state index in [1.165, 1.54) is 0 Å². The van der Waals surface area contributed by atoms with Gasteiger partial charge in [0.25, 0.3) is 0 Å². The lowest BCUT2D eigenvalue weighted by molar-refractivity contribution is 0.999. The minimum Gasteiger partial charge on any atom is -0.363 e. The van der Waals surface area contributed by atoms with Crippen LogP contribution in [0.1, 0.15) is 11.4 Å².